The number of hydrogen-bond donors (Lipinski definition) is 2. The lowest BCUT2D eigenvalue weighted by Gasteiger charge is -2.33. The van der Waals surface area contributed by atoms with E-state index in [9.17, 15) is 13.2 Å². The maximum atomic E-state index is 12.3. The van der Waals surface area contributed by atoms with E-state index in [0.29, 0.717) is 39.1 Å². The first kappa shape index (κ1) is 14.7. The summed E-state index contributed by atoms with van der Waals surface area (Å²) < 4.78 is 33.7. The maximum Gasteiger partial charge on any atom is 0.305 e. The monoisotopic (exact) mass is 292 g/mol. The average molecular weight is 292 g/mol. The van der Waals surface area contributed by atoms with Crippen LogP contribution < -0.4 is 4.72 Å². The first-order valence-electron chi connectivity index (χ1n) is 6.52. The predicted molar refractivity (Wildman–Crippen MR) is 67.9 cm³/mol. The van der Waals surface area contributed by atoms with Crippen molar-refractivity contribution < 1.29 is 23.1 Å². The first-order valence-corrected chi connectivity index (χ1v) is 7.96. The third kappa shape index (κ3) is 3.65. The first-order chi connectivity index (χ1) is 8.94. The van der Waals surface area contributed by atoms with Gasteiger partial charge in [-0.25, -0.2) is 0 Å². The van der Waals surface area contributed by atoms with Gasteiger partial charge in [0.05, 0.1) is 19.6 Å². The van der Waals surface area contributed by atoms with Crippen LogP contribution in [0, 0.1) is 0 Å². The van der Waals surface area contributed by atoms with Gasteiger partial charge in [0.25, 0.3) is 10.2 Å². The third-order valence-electron chi connectivity index (χ3n) is 3.71. The fourth-order valence-electron chi connectivity index (χ4n) is 2.78. The number of nitrogens with one attached hydrogen (secondary N) is 1. The molecule has 0 amide bonds. The Morgan fingerprint density at radius 3 is 2.37 bits per heavy atom. The predicted octanol–water partition coefficient (Wildman–Crippen LogP) is -0.0595. The third-order valence-corrected chi connectivity index (χ3v) is 5.44. The molecule has 7 nitrogen and oxygen atoms in total. The molecule has 8 heteroatoms. The Morgan fingerprint density at radius 1 is 1.26 bits per heavy atom. The van der Waals surface area contributed by atoms with Crippen molar-refractivity contribution in [1.82, 2.24) is 9.03 Å². The molecule has 0 atom stereocenters. The van der Waals surface area contributed by atoms with Gasteiger partial charge in [0.2, 0.25) is 0 Å². The maximum absolute atomic E-state index is 12.3. The highest BCUT2D eigenvalue weighted by atomic mass is 32.2. The summed E-state index contributed by atoms with van der Waals surface area (Å²) in [5, 5.41) is 8.98. The molecular formula is C11H20N2O5S. The Hall–Kier alpha value is -0.700. The molecule has 2 N–H and O–H groups in total. The van der Waals surface area contributed by atoms with Crippen molar-refractivity contribution in [2.75, 3.05) is 26.3 Å². The normalized spacial score (nSPS) is 24.4. The molecule has 2 aliphatic rings. The van der Waals surface area contributed by atoms with Crippen LogP contribution in [0.3, 0.4) is 0 Å². The molecule has 0 aromatic heterocycles. The molecule has 0 spiro atoms. The Labute approximate surface area is 113 Å². The molecule has 0 aromatic carbocycles. The Kier molecular flexibility index (Phi) is 4.44. The molecular weight excluding hydrogens is 272 g/mol. The van der Waals surface area contributed by atoms with Gasteiger partial charge >= 0.3 is 5.97 Å². The molecule has 1 aliphatic carbocycles. The highest BCUT2D eigenvalue weighted by Gasteiger charge is 2.41. The van der Waals surface area contributed by atoms with E-state index >= 15 is 0 Å². The second-order valence-electron chi connectivity index (χ2n) is 5.18. The number of nitrogens with zero attached hydrogens (tertiary/aromatic N) is 1. The molecule has 110 valence electrons. The van der Waals surface area contributed by atoms with Crippen molar-refractivity contribution in [2.45, 2.75) is 37.6 Å². The highest BCUT2D eigenvalue weighted by Crippen LogP contribution is 2.33. The van der Waals surface area contributed by atoms with Gasteiger partial charge in [-0.05, 0) is 12.8 Å². The molecule has 0 bridgehead atoms. The number of carboxylic acid groups (broad SMARTS) is 1. The summed E-state index contributed by atoms with van der Waals surface area (Å²) in [6.07, 6.45) is 2.74. The fraction of sp³-hybridized carbons (Fsp3) is 0.909. The van der Waals surface area contributed by atoms with E-state index in [1.807, 2.05) is 0 Å². The van der Waals surface area contributed by atoms with Crippen LogP contribution in [-0.4, -0.2) is 55.6 Å². The van der Waals surface area contributed by atoms with Crippen LogP contribution in [0.25, 0.3) is 0 Å². The summed E-state index contributed by atoms with van der Waals surface area (Å²) in [4.78, 5) is 11.0. The number of carbonyl (C=O) groups is 1. The number of hydrogen-bond acceptors (Lipinski definition) is 4. The minimum atomic E-state index is -3.63. The van der Waals surface area contributed by atoms with Crippen molar-refractivity contribution in [3.8, 4) is 0 Å². The zero-order valence-electron chi connectivity index (χ0n) is 10.8. The summed E-state index contributed by atoms with van der Waals surface area (Å²) in [5.74, 6) is -0.966. The number of aliphatic carboxylic acids is 1. The lowest BCUT2D eigenvalue weighted by Crippen LogP contribution is -2.55. The van der Waals surface area contributed by atoms with Crippen LogP contribution in [0.15, 0.2) is 0 Å². The standard InChI is InChI=1S/C11H20N2O5S/c14-10(15)9-11(3-1-2-4-11)12-19(16,17)13-5-7-18-8-6-13/h12H,1-9H2,(H,14,15). The van der Waals surface area contributed by atoms with Crippen LogP contribution >= 0.6 is 0 Å². The molecule has 1 heterocycles. The Balaban J connectivity index is 2.09. The average Bonchev–Trinajstić information content (AvgIpc) is 2.76. The molecule has 2 fully saturated rings. The van der Waals surface area contributed by atoms with Gasteiger partial charge in [-0.15, -0.1) is 0 Å². The van der Waals surface area contributed by atoms with E-state index in [1.54, 1.807) is 0 Å². The van der Waals surface area contributed by atoms with Crippen molar-refractivity contribution >= 4 is 16.2 Å². The van der Waals surface area contributed by atoms with E-state index in [0.717, 1.165) is 12.8 Å². The highest BCUT2D eigenvalue weighted by molar-refractivity contribution is 7.87. The summed E-state index contributed by atoms with van der Waals surface area (Å²) in [6.45, 7) is 1.40. The molecule has 1 saturated heterocycles. The van der Waals surface area contributed by atoms with E-state index in [4.69, 9.17) is 9.84 Å². The quantitative estimate of drug-likeness (QED) is 0.740. The zero-order valence-corrected chi connectivity index (χ0v) is 11.6. The van der Waals surface area contributed by atoms with Gasteiger partial charge in [-0.1, -0.05) is 12.8 Å². The molecule has 0 aromatic rings. The summed E-state index contributed by atoms with van der Waals surface area (Å²) >= 11 is 0. The van der Waals surface area contributed by atoms with Crippen LogP contribution in [-0.2, 0) is 19.7 Å². The van der Waals surface area contributed by atoms with E-state index in [1.165, 1.54) is 4.31 Å². The topological polar surface area (TPSA) is 95.9 Å². The SMILES string of the molecule is O=C(O)CC1(NS(=O)(=O)N2CCOCC2)CCCC1. The molecule has 0 radical (unpaired) electrons. The largest absolute Gasteiger partial charge is 0.481 e. The van der Waals surface area contributed by atoms with Gasteiger partial charge in [-0.3, -0.25) is 4.79 Å². The van der Waals surface area contributed by atoms with Crippen LogP contribution in [0.5, 0.6) is 0 Å². The van der Waals surface area contributed by atoms with Crippen molar-refractivity contribution in [2.24, 2.45) is 0 Å². The number of morpholine rings is 1. The van der Waals surface area contributed by atoms with E-state index in [-0.39, 0.29) is 6.42 Å². The number of rotatable bonds is 5. The van der Waals surface area contributed by atoms with Crippen LogP contribution in [0.4, 0.5) is 0 Å². The molecule has 1 aliphatic heterocycles. The molecule has 19 heavy (non-hydrogen) atoms. The minimum absolute atomic E-state index is 0.156. The Bertz CT molecular complexity index is 424. The molecule has 1 saturated carbocycles. The van der Waals surface area contributed by atoms with E-state index < -0.39 is 21.7 Å². The lowest BCUT2D eigenvalue weighted by molar-refractivity contribution is -0.138. The summed E-state index contributed by atoms with van der Waals surface area (Å²) in [7, 11) is -3.63. The number of carboxylic acids is 1. The van der Waals surface area contributed by atoms with Gasteiger partial charge in [0.15, 0.2) is 0 Å². The van der Waals surface area contributed by atoms with Crippen molar-refractivity contribution in [3.05, 3.63) is 0 Å². The second kappa shape index (κ2) is 5.74. The molecule has 2 rings (SSSR count). The molecule has 0 unspecified atom stereocenters. The van der Waals surface area contributed by atoms with Crippen molar-refractivity contribution in [3.63, 3.8) is 0 Å². The Morgan fingerprint density at radius 2 is 1.84 bits per heavy atom. The number of ether oxygens (including phenoxy) is 1. The summed E-state index contributed by atoms with van der Waals surface area (Å²) in [6, 6.07) is 0. The second-order valence-corrected chi connectivity index (χ2v) is 6.85. The van der Waals surface area contributed by atoms with Crippen LogP contribution in [0.2, 0.25) is 0 Å². The fourth-order valence-corrected chi connectivity index (χ4v) is 4.36. The summed E-state index contributed by atoms with van der Waals surface area (Å²) in [5.41, 5.74) is -0.816. The zero-order chi connectivity index (χ0) is 13.9. The lowest BCUT2D eigenvalue weighted by atomic mass is 9.95. The van der Waals surface area contributed by atoms with Gasteiger partial charge in [-0.2, -0.15) is 17.4 Å². The van der Waals surface area contributed by atoms with Crippen molar-refractivity contribution in [1.29, 1.82) is 0 Å². The van der Waals surface area contributed by atoms with Gasteiger partial charge < -0.3 is 9.84 Å². The van der Waals surface area contributed by atoms with Crippen LogP contribution in [0.1, 0.15) is 32.1 Å². The van der Waals surface area contributed by atoms with E-state index in [2.05, 4.69) is 4.72 Å². The van der Waals surface area contributed by atoms with Gasteiger partial charge in [0, 0.05) is 18.6 Å². The minimum Gasteiger partial charge on any atom is -0.481 e. The van der Waals surface area contributed by atoms with Gasteiger partial charge in [0.1, 0.15) is 0 Å². The smallest absolute Gasteiger partial charge is 0.305 e.